The molecule has 3 heterocycles. The standard InChI is InChI=1S/C18H24N4O4/c1-2-21(15-5-3-4-8-19-15)17(24)13-11-16(23)22(12-13)14-6-9-20(10-7-14)18(25)26/h3-5,8,13-14H,2,6-7,9-12H2,1H3,(H,25,26). The third-order valence-corrected chi connectivity index (χ3v) is 5.19. The van der Waals surface area contributed by atoms with Crippen LogP contribution in [0.15, 0.2) is 24.4 Å². The van der Waals surface area contributed by atoms with Gasteiger partial charge in [0, 0.05) is 44.8 Å². The summed E-state index contributed by atoms with van der Waals surface area (Å²) in [5, 5.41) is 9.04. The van der Waals surface area contributed by atoms with Crippen LogP contribution in [0.2, 0.25) is 0 Å². The van der Waals surface area contributed by atoms with E-state index in [1.807, 2.05) is 13.0 Å². The van der Waals surface area contributed by atoms with Gasteiger partial charge in [-0.15, -0.1) is 0 Å². The molecule has 2 fully saturated rings. The van der Waals surface area contributed by atoms with E-state index in [1.54, 1.807) is 28.1 Å². The van der Waals surface area contributed by atoms with Gasteiger partial charge in [-0.1, -0.05) is 6.07 Å². The number of hydrogen-bond acceptors (Lipinski definition) is 4. The van der Waals surface area contributed by atoms with Gasteiger partial charge in [0.15, 0.2) is 0 Å². The van der Waals surface area contributed by atoms with Crippen LogP contribution < -0.4 is 4.90 Å². The van der Waals surface area contributed by atoms with Gasteiger partial charge in [0.1, 0.15) is 5.82 Å². The highest BCUT2D eigenvalue weighted by atomic mass is 16.4. The molecule has 2 aliphatic rings. The second-order valence-electron chi connectivity index (χ2n) is 6.72. The maximum atomic E-state index is 12.9. The molecule has 2 aliphatic heterocycles. The minimum absolute atomic E-state index is 0.0147. The number of carbonyl (C=O) groups is 3. The van der Waals surface area contributed by atoms with E-state index < -0.39 is 6.09 Å². The van der Waals surface area contributed by atoms with Crippen molar-refractivity contribution in [3.05, 3.63) is 24.4 Å². The van der Waals surface area contributed by atoms with E-state index in [-0.39, 0.29) is 30.2 Å². The Labute approximate surface area is 152 Å². The van der Waals surface area contributed by atoms with Crippen molar-refractivity contribution in [3.8, 4) is 0 Å². The molecule has 3 rings (SSSR count). The molecular weight excluding hydrogens is 336 g/mol. The second-order valence-corrected chi connectivity index (χ2v) is 6.72. The van der Waals surface area contributed by atoms with Crippen LogP contribution in [0.25, 0.3) is 0 Å². The molecule has 0 bridgehead atoms. The molecule has 1 aromatic rings. The Morgan fingerprint density at radius 1 is 1.31 bits per heavy atom. The van der Waals surface area contributed by atoms with Gasteiger partial charge < -0.3 is 14.9 Å². The van der Waals surface area contributed by atoms with Crippen LogP contribution in [0.1, 0.15) is 26.2 Å². The van der Waals surface area contributed by atoms with Crippen molar-refractivity contribution < 1.29 is 19.5 Å². The quantitative estimate of drug-likeness (QED) is 0.876. The molecule has 0 spiro atoms. The minimum atomic E-state index is -0.918. The highest BCUT2D eigenvalue weighted by molar-refractivity contribution is 5.98. The summed E-state index contributed by atoms with van der Waals surface area (Å²) >= 11 is 0. The smallest absolute Gasteiger partial charge is 0.407 e. The van der Waals surface area contributed by atoms with Crippen molar-refractivity contribution >= 4 is 23.7 Å². The molecule has 1 N–H and O–H groups in total. The van der Waals surface area contributed by atoms with Crippen molar-refractivity contribution in [2.24, 2.45) is 5.92 Å². The summed E-state index contributed by atoms with van der Waals surface area (Å²) in [4.78, 5) is 45.4. The van der Waals surface area contributed by atoms with E-state index in [0.29, 0.717) is 44.8 Å². The molecule has 1 aromatic heterocycles. The number of piperidine rings is 1. The molecule has 0 aromatic carbocycles. The Balaban J connectivity index is 1.64. The Hall–Kier alpha value is -2.64. The molecule has 8 heteroatoms. The minimum Gasteiger partial charge on any atom is -0.465 e. The lowest BCUT2D eigenvalue weighted by molar-refractivity contribution is -0.130. The molecule has 26 heavy (non-hydrogen) atoms. The van der Waals surface area contributed by atoms with Gasteiger partial charge in [0.05, 0.1) is 5.92 Å². The van der Waals surface area contributed by atoms with Gasteiger partial charge in [-0.25, -0.2) is 9.78 Å². The predicted molar refractivity (Wildman–Crippen MR) is 94.7 cm³/mol. The summed E-state index contributed by atoms with van der Waals surface area (Å²) in [6.07, 6.45) is 2.18. The summed E-state index contributed by atoms with van der Waals surface area (Å²) < 4.78 is 0. The van der Waals surface area contributed by atoms with Crippen molar-refractivity contribution in [2.45, 2.75) is 32.2 Å². The Morgan fingerprint density at radius 3 is 2.62 bits per heavy atom. The lowest BCUT2D eigenvalue weighted by atomic mass is 10.0. The van der Waals surface area contributed by atoms with E-state index in [2.05, 4.69) is 4.98 Å². The highest BCUT2D eigenvalue weighted by Crippen LogP contribution is 2.27. The lowest BCUT2D eigenvalue weighted by Gasteiger charge is -2.35. The van der Waals surface area contributed by atoms with Crippen molar-refractivity contribution in [1.82, 2.24) is 14.8 Å². The Morgan fingerprint density at radius 2 is 2.04 bits per heavy atom. The van der Waals surface area contributed by atoms with E-state index in [0.717, 1.165) is 0 Å². The first-order valence-electron chi connectivity index (χ1n) is 9.01. The first-order chi connectivity index (χ1) is 12.5. The first kappa shape index (κ1) is 18.2. The van der Waals surface area contributed by atoms with Gasteiger partial charge in [-0.2, -0.15) is 0 Å². The number of amides is 3. The number of likely N-dealkylation sites (tertiary alicyclic amines) is 2. The summed E-state index contributed by atoms with van der Waals surface area (Å²) in [5.41, 5.74) is 0. The average Bonchev–Trinajstić information content (AvgIpc) is 3.05. The number of pyridine rings is 1. The highest BCUT2D eigenvalue weighted by Gasteiger charge is 2.40. The van der Waals surface area contributed by atoms with Gasteiger partial charge >= 0.3 is 6.09 Å². The molecule has 3 amide bonds. The summed E-state index contributed by atoms with van der Waals surface area (Å²) in [6, 6.07) is 5.44. The number of hydrogen-bond donors (Lipinski definition) is 1. The summed E-state index contributed by atoms with van der Waals surface area (Å²) in [5.74, 6) is 0.127. The third-order valence-electron chi connectivity index (χ3n) is 5.19. The number of rotatable bonds is 4. The molecule has 0 radical (unpaired) electrons. The van der Waals surface area contributed by atoms with Crippen LogP contribution in [0.5, 0.6) is 0 Å². The fraction of sp³-hybridized carbons (Fsp3) is 0.556. The Bertz CT molecular complexity index is 673. The van der Waals surface area contributed by atoms with E-state index >= 15 is 0 Å². The zero-order chi connectivity index (χ0) is 18.7. The van der Waals surface area contributed by atoms with Gasteiger partial charge in [-0.3, -0.25) is 14.5 Å². The monoisotopic (exact) mass is 360 g/mol. The summed E-state index contributed by atoms with van der Waals surface area (Å²) in [6.45, 7) is 3.65. The number of aromatic nitrogens is 1. The van der Waals surface area contributed by atoms with Gasteiger partial charge in [-0.05, 0) is 31.9 Å². The zero-order valence-corrected chi connectivity index (χ0v) is 14.9. The maximum Gasteiger partial charge on any atom is 0.407 e. The van der Waals surface area contributed by atoms with E-state index in [1.165, 1.54) is 4.90 Å². The van der Waals surface area contributed by atoms with E-state index in [9.17, 15) is 14.4 Å². The fourth-order valence-corrected chi connectivity index (χ4v) is 3.78. The van der Waals surface area contributed by atoms with Gasteiger partial charge in [0.2, 0.25) is 11.8 Å². The van der Waals surface area contributed by atoms with Crippen LogP contribution >= 0.6 is 0 Å². The van der Waals surface area contributed by atoms with Crippen molar-refractivity contribution in [1.29, 1.82) is 0 Å². The van der Waals surface area contributed by atoms with E-state index in [4.69, 9.17) is 5.11 Å². The SMILES string of the molecule is CCN(C(=O)C1CC(=O)N(C2CCN(C(=O)O)CC2)C1)c1ccccn1. The zero-order valence-electron chi connectivity index (χ0n) is 14.9. The number of nitrogens with zero attached hydrogens (tertiary/aromatic N) is 4. The average molecular weight is 360 g/mol. The Kier molecular flexibility index (Phi) is 5.39. The van der Waals surface area contributed by atoms with Gasteiger partial charge in [0.25, 0.3) is 0 Å². The second kappa shape index (κ2) is 7.72. The number of carbonyl (C=O) groups excluding carboxylic acids is 2. The van der Waals surface area contributed by atoms with Crippen LogP contribution in [-0.2, 0) is 9.59 Å². The largest absolute Gasteiger partial charge is 0.465 e. The molecule has 1 unspecified atom stereocenters. The van der Waals surface area contributed by atoms with Crippen molar-refractivity contribution in [2.75, 3.05) is 31.1 Å². The molecule has 140 valence electrons. The molecule has 0 aliphatic carbocycles. The molecule has 8 nitrogen and oxygen atoms in total. The number of carboxylic acid groups (broad SMARTS) is 1. The van der Waals surface area contributed by atoms with Crippen LogP contribution in [0, 0.1) is 5.92 Å². The molecular formula is C18H24N4O4. The van der Waals surface area contributed by atoms with Crippen LogP contribution in [-0.4, -0.2) is 70.0 Å². The topological polar surface area (TPSA) is 94.1 Å². The lowest BCUT2D eigenvalue weighted by Crippen LogP contribution is -2.47. The molecule has 0 saturated carbocycles. The fourth-order valence-electron chi connectivity index (χ4n) is 3.78. The summed E-state index contributed by atoms with van der Waals surface area (Å²) in [7, 11) is 0. The maximum absolute atomic E-state index is 12.9. The first-order valence-corrected chi connectivity index (χ1v) is 9.01. The predicted octanol–water partition coefficient (Wildman–Crippen LogP) is 1.43. The number of anilines is 1. The normalized spacial score (nSPS) is 21.1. The molecule has 1 atom stereocenters. The third kappa shape index (κ3) is 3.63. The van der Waals surface area contributed by atoms with Crippen LogP contribution in [0.3, 0.4) is 0 Å². The van der Waals surface area contributed by atoms with Crippen molar-refractivity contribution in [3.63, 3.8) is 0 Å². The van der Waals surface area contributed by atoms with Crippen LogP contribution in [0.4, 0.5) is 10.6 Å². The molecule has 2 saturated heterocycles.